The van der Waals surface area contributed by atoms with Crippen LogP contribution >= 0.6 is 23.1 Å². The summed E-state index contributed by atoms with van der Waals surface area (Å²) in [7, 11) is -3.47. The minimum absolute atomic E-state index is 0.154. The maximum Gasteiger partial charge on any atom is 0.362 e. The van der Waals surface area contributed by atoms with Crippen molar-refractivity contribution in [3.8, 4) is 0 Å². The monoisotopic (exact) mass is 409 g/mol. The smallest absolute Gasteiger partial charge is 0.362 e. The number of hydrogen-bond acceptors (Lipinski definition) is 10. The molecule has 0 aromatic carbocycles. The van der Waals surface area contributed by atoms with Gasteiger partial charge in [-0.3, -0.25) is 14.1 Å². The number of rotatable bonds is 7. The summed E-state index contributed by atoms with van der Waals surface area (Å²) in [6, 6.07) is -2.04. The molecule has 138 valence electrons. The second-order valence-corrected chi connectivity index (χ2v) is 7.87. The van der Waals surface area contributed by atoms with Gasteiger partial charge in [-0.15, -0.1) is 11.3 Å². The molecule has 0 radical (unpaired) electrons. The van der Waals surface area contributed by atoms with Crippen LogP contribution in [0.3, 0.4) is 0 Å². The van der Waals surface area contributed by atoms with E-state index in [1.807, 2.05) is 0 Å². The maximum atomic E-state index is 12.4. The normalized spacial score (nSPS) is 21.0. The molecule has 1 aromatic rings. The van der Waals surface area contributed by atoms with E-state index in [2.05, 4.69) is 20.3 Å². The van der Waals surface area contributed by atoms with Gasteiger partial charge in [0.25, 0.3) is 11.8 Å². The van der Waals surface area contributed by atoms with Crippen LogP contribution in [0, 0.1) is 0 Å². The van der Waals surface area contributed by atoms with Crippen molar-refractivity contribution in [2.45, 2.75) is 12.1 Å². The summed E-state index contributed by atoms with van der Waals surface area (Å²) in [4.78, 5) is 33.0. The van der Waals surface area contributed by atoms with Crippen molar-refractivity contribution in [3.63, 3.8) is 0 Å². The number of aromatic nitrogens is 1. The molecule has 1 aliphatic rings. The van der Waals surface area contributed by atoms with Crippen molar-refractivity contribution in [1.82, 2.24) is 14.6 Å². The Morgan fingerprint density at radius 1 is 1.64 bits per heavy atom. The number of oxime groups is 1. The predicted octanol–water partition coefficient (Wildman–Crippen LogP) is -1.06. The van der Waals surface area contributed by atoms with Gasteiger partial charge in [0, 0.05) is 11.1 Å². The second kappa shape index (κ2) is 7.55. The van der Waals surface area contributed by atoms with Gasteiger partial charge in [-0.1, -0.05) is 5.16 Å². The molecule has 2 unspecified atom stereocenters. The number of β-lactam (4-membered cyclic amide) rings is 1. The van der Waals surface area contributed by atoms with Gasteiger partial charge in [-0.05, 0) is 6.26 Å². The molecule has 2 heterocycles. The first-order valence-electron chi connectivity index (χ1n) is 6.63. The summed E-state index contributed by atoms with van der Waals surface area (Å²) in [6.45, 7) is 0. The largest absolute Gasteiger partial charge is 0.398 e. The molecule has 1 fully saturated rings. The van der Waals surface area contributed by atoms with Crippen LogP contribution in [0.4, 0.5) is 5.13 Å². The van der Waals surface area contributed by atoms with E-state index in [1.54, 1.807) is 6.26 Å². The van der Waals surface area contributed by atoms with Crippen LogP contribution in [-0.2, 0) is 24.7 Å². The van der Waals surface area contributed by atoms with Crippen molar-refractivity contribution in [1.29, 1.82) is 0 Å². The van der Waals surface area contributed by atoms with Gasteiger partial charge < -0.3 is 15.9 Å². The summed E-state index contributed by atoms with van der Waals surface area (Å²) in [6.07, 6.45) is 1.69. The number of nitrogens with two attached hydrogens (primary N) is 1. The predicted molar refractivity (Wildman–Crippen MR) is 92.6 cm³/mol. The van der Waals surface area contributed by atoms with Gasteiger partial charge in [0.1, 0.15) is 18.8 Å². The summed E-state index contributed by atoms with van der Waals surface area (Å²) in [5, 5.41) is 7.67. The highest BCUT2D eigenvalue weighted by Crippen LogP contribution is 2.26. The fraction of sp³-hybridized carbons (Fsp3) is 0.455. The number of carbonyl (C=O) groups is 2. The Balaban J connectivity index is 2.20. The van der Waals surface area contributed by atoms with Gasteiger partial charge in [0.15, 0.2) is 10.8 Å². The molecule has 1 aliphatic heterocycles. The van der Waals surface area contributed by atoms with E-state index < -0.39 is 34.2 Å². The van der Waals surface area contributed by atoms with Crippen LogP contribution in [0.15, 0.2) is 10.5 Å². The van der Waals surface area contributed by atoms with E-state index in [-0.39, 0.29) is 22.3 Å². The van der Waals surface area contributed by atoms with E-state index in [0.29, 0.717) is 4.31 Å². The van der Waals surface area contributed by atoms with Gasteiger partial charge in [-0.25, -0.2) is 9.29 Å². The summed E-state index contributed by atoms with van der Waals surface area (Å²) in [5.41, 5.74) is 5.47. The molecule has 2 atom stereocenters. The number of anilines is 1. The Kier molecular flexibility index (Phi) is 5.87. The van der Waals surface area contributed by atoms with Crippen molar-refractivity contribution < 1.29 is 27.4 Å². The lowest BCUT2D eigenvalue weighted by Gasteiger charge is -2.43. The van der Waals surface area contributed by atoms with E-state index in [1.165, 1.54) is 24.3 Å². The van der Waals surface area contributed by atoms with Gasteiger partial charge >= 0.3 is 10.3 Å². The van der Waals surface area contributed by atoms with E-state index in [9.17, 15) is 18.0 Å². The van der Waals surface area contributed by atoms with Gasteiger partial charge in [0.2, 0.25) is 0 Å². The molecule has 1 saturated heterocycles. The first-order valence-corrected chi connectivity index (χ1v) is 10.3. The molecule has 4 N–H and O–H groups in total. The second-order valence-electron chi connectivity index (χ2n) is 4.78. The molecule has 25 heavy (non-hydrogen) atoms. The third kappa shape index (κ3) is 4.02. The number of nitrogens with zero attached hydrogens (tertiary/aromatic N) is 3. The first kappa shape index (κ1) is 19.4. The average Bonchev–Trinajstić information content (AvgIpc) is 2.94. The zero-order valence-corrected chi connectivity index (χ0v) is 15.5. The minimum atomic E-state index is -4.70. The molecule has 14 heteroatoms. The number of amides is 2. The molecule has 2 amide bonds. The van der Waals surface area contributed by atoms with Crippen LogP contribution in [0.1, 0.15) is 5.69 Å². The number of nitrogen functional groups attached to an aromatic ring is 1. The van der Waals surface area contributed by atoms with Crippen molar-refractivity contribution >= 4 is 56.1 Å². The lowest BCUT2D eigenvalue weighted by molar-refractivity contribution is -0.143. The topological polar surface area (TPSA) is 164 Å². The molecular weight excluding hydrogens is 394 g/mol. The fourth-order valence-electron chi connectivity index (χ4n) is 2.20. The number of carbonyl (C=O) groups excluding carboxylic acids is 2. The molecule has 0 aliphatic carbocycles. The molecule has 11 nitrogen and oxygen atoms in total. The highest BCUT2D eigenvalue weighted by atomic mass is 32.2. The fourth-order valence-corrected chi connectivity index (χ4v) is 4.40. The zero-order chi connectivity index (χ0) is 18.8. The standard InChI is InChI=1S/C11H15N5O6S3/c1-22-15-7(5-3-24-11(12)13-5)9(17)14-8-6(4-23-2)16(10(8)18)25(19,20)21/h3,6,8H,4H2,1-2H3,(H2,12,13)(H,14,17)(H,19,20,21). The van der Waals surface area contributed by atoms with Crippen LogP contribution < -0.4 is 11.1 Å². The summed E-state index contributed by atoms with van der Waals surface area (Å²) < 4.78 is 32.0. The summed E-state index contributed by atoms with van der Waals surface area (Å²) >= 11 is 2.34. The van der Waals surface area contributed by atoms with E-state index in [4.69, 9.17) is 10.3 Å². The third-order valence-electron chi connectivity index (χ3n) is 3.20. The van der Waals surface area contributed by atoms with Crippen LogP contribution in [0.2, 0.25) is 0 Å². The highest BCUT2D eigenvalue weighted by Gasteiger charge is 2.53. The highest BCUT2D eigenvalue weighted by molar-refractivity contribution is 7.98. The Bertz CT molecular complexity index is 807. The maximum absolute atomic E-state index is 12.4. The van der Waals surface area contributed by atoms with Crippen molar-refractivity contribution in [2.24, 2.45) is 5.16 Å². The third-order valence-corrected chi connectivity index (χ3v) is 5.50. The Morgan fingerprint density at radius 3 is 2.80 bits per heavy atom. The summed E-state index contributed by atoms with van der Waals surface area (Å²) in [5.74, 6) is -1.53. The molecule has 1 aromatic heterocycles. The lowest BCUT2D eigenvalue weighted by atomic mass is 10.0. The van der Waals surface area contributed by atoms with Gasteiger partial charge in [0.05, 0.1) is 6.04 Å². The van der Waals surface area contributed by atoms with Crippen LogP contribution in [-0.4, -0.2) is 71.0 Å². The number of thiazole rings is 1. The average molecular weight is 409 g/mol. The molecule has 2 rings (SSSR count). The van der Waals surface area contributed by atoms with Crippen molar-refractivity contribution in [3.05, 3.63) is 11.1 Å². The molecule has 0 saturated carbocycles. The number of thioether (sulfide) groups is 1. The zero-order valence-electron chi connectivity index (χ0n) is 13.1. The van der Waals surface area contributed by atoms with Crippen molar-refractivity contribution in [2.75, 3.05) is 24.9 Å². The number of nitrogens with one attached hydrogen (secondary N) is 1. The van der Waals surface area contributed by atoms with Crippen LogP contribution in [0.25, 0.3) is 0 Å². The Hall–Kier alpha value is -1.90. The number of hydrogen-bond donors (Lipinski definition) is 3. The minimum Gasteiger partial charge on any atom is -0.398 e. The molecule has 0 bridgehead atoms. The lowest BCUT2D eigenvalue weighted by Crippen LogP contribution is -2.73. The SMILES string of the molecule is CON=C(C(=O)NC1C(=O)N(S(=O)(=O)O)C1CSC)c1csc(N)n1. The first-order chi connectivity index (χ1) is 11.7. The van der Waals surface area contributed by atoms with Gasteiger partial charge in [-0.2, -0.15) is 20.2 Å². The quantitative estimate of drug-likeness (QED) is 0.220. The Labute approximate surface area is 151 Å². The van der Waals surface area contributed by atoms with E-state index >= 15 is 0 Å². The Morgan fingerprint density at radius 2 is 2.32 bits per heavy atom. The molecular formula is C11H15N5O6S3. The van der Waals surface area contributed by atoms with E-state index in [0.717, 1.165) is 11.3 Å². The van der Waals surface area contributed by atoms with Crippen LogP contribution in [0.5, 0.6) is 0 Å². The molecule has 0 spiro atoms.